The number of allylic oxidation sites excluding steroid dienone is 1. The normalized spacial score (nSPS) is 16.4. The summed E-state index contributed by atoms with van der Waals surface area (Å²) in [6.45, 7) is 9.55. The topological polar surface area (TPSA) is 60.7 Å². The van der Waals surface area contributed by atoms with Crippen LogP contribution in [0.3, 0.4) is 0 Å². The monoisotopic (exact) mass is 304 g/mol. The molecule has 0 amide bonds. The molecule has 1 aromatic rings. The number of phenolic OH excluding ortho intramolecular Hbond substituents is 1. The second kappa shape index (κ2) is 8.76. The summed E-state index contributed by atoms with van der Waals surface area (Å²) in [5, 5.41) is 30.2. The minimum Gasteiger partial charge on any atom is -0.507 e. The van der Waals surface area contributed by atoms with Crippen molar-refractivity contribution in [1.82, 2.24) is 0 Å². The van der Waals surface area contributed by atoms with Gasteiger partial charge in [-0.1, -0.05) is 49.8 Å². The van der Waals surface area contributed by atoms with Crippen LogP contribution in [0.5, 0.6) is 5.75 Å². The van der Waals surface area contributed by atoms with Crippen molar-refractivity contribution in [2.45, 2.75) is 45.8 Å². The van der Waals surface area contributed by atoms with Gasteiger partial charge in [0.15, 0.2) is 0 Å². The van der Waals surface area contributed by atoms with E-state index in [4.69, 9.17) is 0 Å². The first-order valence-corrected chi connectivity index (χ1v) is 7.80. The zero-order valence-electron chi connectivity index (χ0n) is 13.7. The molecule has 0 aliphatic carbocycles. The number of hydrogen-bond acceptors (Lipinski definition) is 3. The summed E-state index contributed by atoms with van der Waals surface area (Å²) < 4.78 is 0. The van der Waals surface area contributed by atoms with Crippen LogP contribution in [-0.4, -0.2) is 27.5 Å². The standard InChI is InChI=1S/C19H28O3/c1-5-16(19(22)13(2)3)18(21)11-10-14(4)12-15-8-6-7-9-17(15)20/h5-9,12-13,16,18-22H,1,10-11H2,2-4H3/b14-12+/t16-,18-,19-/m1/s1. The van der Waals surface area contributed by atoms with E-state index in [0.29, 0.717) is 12.8 Å². The number of aliphatic hydroxyl groups excluding tert-OH is 2. The second-order valence-corrected chi connectivity index (χ2v) is 6.20. The Morgan fingerprint density at radius 1 is 1.23 bits per heavy atom. The molecule has 0 heterocycles. The fourth-order valence-electron chi connectivity index (χ4n) is 2.48. The van der Waals surface area contributed by atoms with Gasteiger partial charge in [-0.05, 0) is 31.7 Å². The van der Waals surface area contributed by atoms with Crippen molar-refractivity contribution >= 4 is 6.08 Å². The number of para-hydroxylation sites is 1. The van der Waals surface area contributed by atoms with Crippen LogP contribution in [0.1, 0.15) is 39.2 Å². The highest BCUT2D eigenvalue weighted by molar-refractivity contribution is 5.58. The summed E-state index contributed by atoms with van der Waals surface area (Å²) in [5.74, 6) is 0.00933. The van der Waals surface area contributed by atoms with Crippen LogP contribution in [0.15, 0.2) is 42.5 Å². The molecule has 3 atom stereocenters. The Kier molecular flexibility index (Phi) is 7.36. The van der Waals surface area contributed by atoms with Crippen molar-refractivity contribution in [3.8, 4) is 5.75 Å². The summed E-state index contributed by atoms with van der Waals surface area (Å²) in [6.07, 6.45) is 3.60. The summed E-state index contributed by atoms with van der Waals surface area (Å²) >= 11 is 0. The lowest BCUT2D eigenvalue weighted by Crippen LogP contribution is -2.33. The van der Waals surface area contributed by atoms with Crippen LogP contribution in [-0.2, 0) is 0 Å². The lowest BCUT2D eigenvalue weighted by Gasteiger charge is -2.27. The summed E-state index contributed by atoms with van der Waals surface area (Å²) in [7, 11) is 0. The highest BCUT2D eigenvalue weighted by atomic mass is 16.3. The molecule has 0 fully saturated rings. The minimum absolute atomic E-state index is 0.0792. The first-order valence-electron chi connectivity index (χ1n) is 7.80. The lowest BCUT2D eigenvalue weighted by molar-refractivity contribution is 0.00890. The van der Waals surface area contributed by atoms with Gasteiger partial charge in [-0.3, -0.25) is 0 Å². The molecule has 0 saturated carbocycles. The number of benzene rings is 1. The molecule has 0 spiro atoms. The van der Waals surface area contributed by atoms with E-state index in [1.165, 1.54) is 0 Å². The van der Waals surface area contributed by atoms with Crippen molar-refractivity contribution in [1.29, 1.82) is 0 Å². The molecular formula is C19H28O3. The van der Waals surface area contributed by atoms with Crippen LogP contribution in [0.2, 0.25) is 0 Å². The third-order valence-electron chi connectivity index (χ3n) is 3.97. The van der Waals surface area contributed by atoms with E-state index in [1.807, 2.05) is 39.0 Å². The maximum Gasteiger partial charge on any atom is 0.122 e. The van der Waals surface area contributed by atoms with Crippen LogP contribution in [0, 0.1) is 11.8 Å². The average Bonchev–Trinajstić information content (AvgIpc) is 2.48. The highest BCUT2D eigenvalue weighted by Crippen LogP contribution is 2.24. The van der Waals surface area contributed by atoms with Crippen LogP contribution >= 0.6 is 0 Å². The van der Waals surface area contributed by atoms with Gasteiger partial charge in [0.05, 0.1) is 12.2 Å². The quantitative estimate of drug-likeness (QED) is 0.641. The maximum absolute atomic E-state index is 10.3. The largest absolute Gasteiger partial charge is 0.507 e. The van der Waals surface area contributed by atoms with Crippen molar-refractivity contribution in [2.75, 3.05) is 0 Å². The van der Waals surface area contributed by atoms with Gasteiger partial charge in [-0.15, -0.1) is 6.58 Å². The molecule has 22 heavy (non-hydrogen) atoms. The molecule has 0 radical (unpaired) electrons. The fraction of sp³-hybridized carbons (Fsp3) is 0.474. The van der Waals surface area contributed by atoms with Crippen molar-refractivity contribution in [3.05, 3.63) is 48.1 Å². The zero-order valence-corrected chi connectivity index (χ0v) is 13.7. The van der Waals surface area contributed by atoms with E-state index in [9.17, 15) is 15.3 Å². The average molecular weight is 304 g/mol. The smallest absolute Gasteiger partial charge is 0.122 e. The van der Waals surface area contributed by atoms with E-state index in [1.54, 1.807) is 18.2 Å². The second-order valence-electron chi connectivity index (χ2n) is 6.20. The van der Waals surface area contributed by atoms with Gasteiger partial charge >= 0.3 is 0 Å². The Hall–Kier alpha value is -1.58. The van der Waals surface area contributed by atoms with E-state index < -0.39 is 12.2 Å². The molecule has 3 nitrogen and oxygen atoms in total. The first-order chi connectivity index (χ1) is 10.4. The third kappa shape index (κ3) is 5.32. The lowest BCUT2D eigenvalue weighted by atomic mass is 9.86. The number of aromatic hydroxyl groups is 1. The zero-order chi connectivity index (χ0) is 16.7. The Morgan fingerprint density at radius 2 is 1.86 bits per heavy atom. The highest BCUT2D eigenvalue weighted by Gasteiger charge is 2.26. The van der Waals surface area contributed by atoms with Gasteiger partial charge in [0.1, 0.15) is 5.75 Å². The predicted octanol–water partition coefficient (Wildman–Crippen LogP) is 3.76. The SMILES string of the molecule is C=C[C@H]([C@H](O)CC/C(C)=C/c1ccccc1O)[C@H](O)C(C)C. The van der Waals surface area contributed by atoms with Gasteiger partial charge in [-0.2, -0.15) is 0 Å². The van der Waals surface area contributed by atoms with Crippen LogP contribution < -0.4 is 0 Å². The molecule has 122 valence electrons. The first kappa shape index (κ1) is 18.5. The number of rotatable bonds is 8. The van der Waals surface area contributed by atoms with E-state index in [-0.39, 0.29) is 17.6 Å². The van der Waals surface area contributed by atoms with Gasteiger partial charge < -0.3 is 15.3 Å². The van der Waals surface area contributed by atoms with Crippen molar-refractivity contribution in [3.63, 3.8) is 0 Å². The van der Waals surface area contributed by atoms with Crippen molar-refractivity contribution in [2.24, 2.45) is 11.8 Å². The van der Waals surface area contributed by atoms with E-state index >= 15 is 0 Å². The number of aliphatic hydroxyl groups is 2. The molecule has 3 N–H and O–H groups in total. The fourth-order valence-corrected chi connectivity index (χ4v) is 2.48. The Bertz CT molecular complexity index is 505. The number of hydrogen-bond donors (Lipinski definition) is 3. The van der Waals surface area contributed by atoms with E-state index in [0.717, 1.165) is 11.1 Å². The van der Waals surface area contributed by atoms with Gasteiger partial charge in [0.25, 0.3) is 0 Å². The molecule has 0 saturated heterocycles. The Morgan fingerprint density at radius 3 is 2.41 bits per heavy atom. The molecule has 1 rings (SSSR count). The Balaban J connectivity index is 2.64. The van der Waals surface area contributed by atoms with E-state index in [2.05, 4.69) is 6.58 Å². The Labute approximate surface area is 133 Å². The molecule has 0 aliphatic rings. The van der Waals surface area contributed by atoms with Crippen LogP contribution in [0.25, 0.3) is 6.08 Å². The molecule has 0 aliphatic heterocycles. The summed E-state index contributed by atoms with van der Waals surface area (Å²) in [5.41, 5.74) is 1.85. The molecule has 3 heteroatoms. The van der Waals surface area contributed by atoms with Gasteiger partial charge in [0, 0.05) is 11.5 Å². The summed E-state index contributed by atoms with van der Waals surface area (Å²) in [6, 6.07) is 7.17. The van der Waals surface area contributed by atoms with Gasteiger partial charge in [0.2, 0.25) is 0 Å². The predicted molar refractivity (Wildman–Crippen MR) is 91.5 cm³/mol. The summed E-state index contributed by atoms with van der Waals surface area (Å²) in [4.78, 5) is 0. The number of phenols is 1. The minimum atomic E-state index is -0.623. The molecule has 0 unspecified atom stereocenters. The molecular weight excluding hydrogens is 276 g/mol. The molecule has 0 bridgehead atoms. The van der Waals surface area contributed by atoms with Crippen molar-refractivity contribution < 1.29 is 15.3 Å². The maximum atomic E-state index is 10.3. The van der Waals surface area contributed by atoms with Gasteiger partial charge in [-0.25, -0.2) is 0 Å². The third-order valence-corrected chi connectivity index (χ3v) is 3.97. The molecule has 0 aromatic heterocycles. The molecule has 1 aromatic carbocycles. The van der Waals surface area contributed by atoms with Crippen LogP contribution in [0.4, 0.5) is 0 Å².